The largest absolute Gasteiger partial charge is 0.366 e. The first-order valence-electron chi connectivity index (χ1n) is 9.54. The van der Waals surface area contributed by atoms with Crippen molar-refractivity contribution in [1.29, 1.82) is 5.26 Å². The maximum absolute atomic E-state index is 11.5. The van der Waals surface area contributed by atoms with Crippen LogP contribution in [0.1, 0.15) is 47.3 Å². The lowest BCUT2D eigenvalue weighted by atomic mass is 9.68. The van der Waals surface area contributed by atoms with E-state index in [1.807, 2.05) is 36.4 Å². The van der Waals surface area contributed by atoms with Gasteiger partial charge in [0.05, 0.1) is 11.6 Å². The standard InChI is InChI=1S/C23H27N3O/c1-17-16-26(12-10-18-6-8-19(15-24)9-7-18)13-11-23(17,2)21-5-3-4-20(14-21)22(25)27/h3-9,14,17H,10-13,16H2,1-2H3,(H2,25,27). The van der Waals surface area contributed by atoms with Crippen LogP contribution in [0.25, 0.3) is 0 Å². The maximum atomic E-state index is 11.5. The molecule has 1 saturated heterocycles. The number of hydrogen-bond donors (Lipinski definition) is 1. The molecule has 0 spiro atoms. The molecule has 0 aromatic heterocycles. The van der Waals surface area contributed by atoms with Crippen LogP contribution in [-0.2, 0) is 11.8 Å². The quantitative estimate of drug-likeness (QED) is 0.886. The molecule has 140 valence electrons. The second kappa shape index (κ2) is 7.94. The van der Waals surface area contributed by atoms with Gasteiger partial charge in [-0.05, 0) is 66.1 Å². The first kappa shape index (κ1) is 19.1. The molecule has 2 atom stereocenters. The monoisotopic (exact) mass is 361 g/mol. The van der Waals surface area contributed by atoms with Crippen LogP contribution < -0.4 is 5.73 Å². The van der Waals surface area contributed by atoms with Crippen molar-refractivity contribution >= 4 is 5.91 Å². The molecule has 4 nitrogen and oxygen atoms in total. The molecule has 2 aromatic rings. The number of rotatable bonds is 5. The minimum absolute atomic E-state index is 0.0520. The van der Waals surface area contributed by atoms with Gasteiger partial charge < -0.3 is 10.6 Å². The minimum Gasteiger partial charge on any atom is -0.366 e. The molecular formula is C23H27N3O. The zero-order valence-corrected chi connectivity index (χ0v) is 16.1. The van der Waals surface area contributed by atoms with Crippen molar-refractivity contribution in [2.24, 2.45) is 11.7 Å². The number of benzene rings is 2. The molecule has 3 rings (SSSR count). The van der Waals surface area contributed by atoms with Gasteiger partial charge in [-0.2, -0.15) is 5.26 Å². The molecule has 2 aromatic carbocycles. The van der Waals surface area contributed by atoms with E-state index in [0.29, 0.717) is 17.0 Å². The summed E-state index contributed by atoms with van der Waals surface area (Å²) in [5, 5.41) is 8.90. The van der Waals surface area contributed by atoms with Crippen molar-refractivity contribution in [1.82, 2.24) is 4.90 Å². The fourth-order valence-electron chi connectivity index (χ4n) is 4.01. The first-order valence-corrected chi connectivity index (χ1v) is 9.54. The Morgan fingerprint density at radius 2 is 2.04 bits per heavy atom. The Morgan fingerprint density at radius 1 is 1.30 bits per heavy atom. The zero-order chi connectivity index (χ0) is 19.4. The number of nitriles is 1. The van der Waals surface area contributed by atoms with Crippen molar-refractivity contribution in [3.63, 3.8) is 0 Å². The van der Waals surface area contributed by atoms with Crippen LogP contribution in [0.2, 0.25) is 0 Å². The summed E-state index contributed by atoms with van der Waals surface area (Å²) < 4.78 is 0. The molecule has 2 unspecified atom stereocenters. The molecule has 1 fully saturated rings. The van der Waals surface area contributed by atoms with E-state index >= 15 is 0 Å². The molecular weight excluding hydrogens is 334 g/mol. The number of amides is 1. The summed E-state index contributed by atoms with van der Waals surface area (Å²) in [6.07, 6.45) is 2.05. The van der Waals surface area contributed by atoms with Gasteiger partial charge in [0.1, 0.15) is 0 Å². The Hall–Kier alpha value is -2.64. The number of carbonyl (C=O) groups excluding carboxylic acids is 1. The third-order valence-electron chi connectivity index (χ3n) is 6.17. The van der Waals surface area contributed by atoms with Crippen LogP contribution in [0.3, 0.4) is 0 Å². The number of hydrogen-bond acceptors (Lipinski definition) is 3. The van der Waals surface area contributed by atoms with E-state index in [9.17, 15) is 4.79 Å². The summed E-state index contributed by atoms with van der Waals surface area (Å²) in [5.74, 6) is 0.114. The van der Waals surface area contributed by atoms with E-state index in [4.69, 9.17) is 11.0 Å². The van der Waals surface area contributed by atoms with E-state index in [0.717, 1.165) is 32.5 Å². The molecule has 1 amide bonds. The molecule has 2 N–H and O–H groups in total. The smallest absolute Gasteiger partial charge is 0.248 e. The van der Waals surface area contributed by atoms with E-state index < -0.39 is 0 Å². The third kappa shape index (κ3) is 4.20. The molecule has 0 aliphatic carbocycles. The van der Waals surface area contributed by atoms with E-state index in [1.165, 1.54) is 11.1 Å². The van der Waals surface area contributed by atoms with Crippen molar-refractivity contribution < 1.29 is 4.79 Å². The molecule has 0 radical (unpaired) electrons. The summed E-state index contributed by atoms with van der Waals surface area (Å²) in [4.78, 5) is 14.0. The Bertz CT molecular complexity index is 853. The van der Waals surface area contributed by atoms with Crippen molar-refractivity contribution in [2.45, 2.75) is 32.1 Å². The predicted molar refractivity (Wildman–Crippen MR) is 107 cm³/mol. The van der Waals surface area contributed by atoms with E-state index in [-0.39, 0.29) is 11.3 Å². The second-order valence-corrected chi connectivity index (χ2v) is 7.87. The van der Waals surface area contributed by atoms with Crippen molar-refractivity contribution in [3.8, 4) is 6.07 Å². The highest BCUT2D eigenvalue weighted by Crippen LogP contribution is 2.39. The summed E-state index contributed by atoms with van der Waals surface area (Å²) >= 11 is 0. The molecule has 4 heteroatoms. The minimum atomic E-state index is -0.368. The number of primary amides is 1. The highest BCUT2D eigenvalue weighted by molar-refractivity contribution is 5.92. The fourth-order valence-corrected chi connectivity index (χ4v) is 4.01. The predicted octanol–water partition coefficient (Wildman–Crippen LogP) is 3.50. The Morgan fingerprint density at radius 3 is 2.67 bits per heavy atom. The number of carbonyl (C=O) groups is 1. The van der Waals surface area contributed by atoms with Gasteiger partial charge in [0.25, 0.3) is 0 Å². The van der Waals surface area contributed by atoms with Gasteiger partial charge in [-0.25, -0.2) is 0 Å². The van der Waals surface area contributed by atoms with Crippen molar-refractivity contribution in [2.75, 3.05) is 19.6 Å². The van der Waals surface area contributed by atoms with Gasteiger partial charge in [-0.1, -0.05) is 38.1 Å². The molecule has 1 aliphatic heterocycles. The number of piperidine rings is 1. The fraction of sp³-hybridized carbons (Fsp3) is 0.391. The topological polar surface area (TPSA) is 70.1 Å². The SMILES string of the molecule is CC1CN(CCc2ccc(C#N)cc2)CCC1(C)c1cccc(C(N)=O)c1. The summed E-state index contributed by atoms with van der Waals surface area (Å²) in [7, 11) is 0. The Balaban J connectivity index is 1.63. The molecule has 1 heterocycles. The molecule has 0 bridgehead atoms. The third-order valence-corrected chi connectivity index (χ3v) is 6.17. The molecule has 1 aliphatic rings. The average Bonchev–Trinajstić information content (AvgIpc) is 2.69. The van der Waals surface area contributed by atoms with Gasteiger partial charge in [0, 0.05) is 18.7 Å². The number of nitrogens with two attached hydrogens (primary N) is 1. The summed E-state index contributed by atoms with van der Waals surface area (Å²) in [6, 6.07) is 17.8. The van der Waals surface area contributed by atoms with E-state index in [2.05, 4.69) is 30.9 Å². The Kier molecular flexibility index (Phi) is 5.62. The Labute approximate surface area is 161 Å². The second-order valence-electron chi connectivity index (χ2n) is 7.87. The zero-order valence-electron chi connectivity index (χ0n) is 16.1. The van der Waals surface area contributed by atoms with Crippen LogP contribution in [0.4, 0.5) is 0 Å². The lowest BCUT2D eigenvalue weighted by Crippen LogP contribution is -2.47. The maximum Gasteiger partial charge on any atom is 0.248 e. The number of nitrogens with zero attached hydrogens (tertiary/aromatic N) is 2. The van der Waals surface area contributed by atoms with Gasteiger partial charge in [-0.15, -0.1) is 0 Å². The highest BCUT2D eigenvalue weighted by atomic mass is 16.1. The van der Waals surface area contributed by atoms with Gasteiger partial charge in [0.2, 0.25) is 5.91 Å². The van der Waals surface area contributed by atoms with Gasteiger partial charge >= 0.3 is 0 Å². The van der Waals surface area contributed by atoms with Gasteiger partial charge in [-0.3, -0.25) is 4.79 Å². The number of likely N-dealkylation sites (tertiary alicyclic amines) is 1. The average molecular weight is 361 g/mol. The van der Waals surface area contributed by atoms with E-state index in [1.54, 1.807) is 6.07 Å². The van der Waals surface area contributed by atoms with Gasteiger partial charge in [0.15, 0.2) is 0 Å². The van der Waals surface area contributed by atoms with Crippen molar-refractivity contribution in [3.05, 3.63) is 70.8 Å². The van der Waals surface area contributed by atoms with Crippen LogP contribution in [0, 0.1) is 17.2 Å². The normalized spacial score (nSPS) is 22.9. The van der Waals surface area contributed by atoms with Crippen LogP contribution in [0.5, 0.6) is 0 Å². The lowest BCUT2D eigenvalue weighted by Gasteiger charge is -2.45. The van der Waals surface area contributed by atoms with Crippen LogP contribution in [-0.4, -0.2) is 30.4 Å². The molecule has 27 heavy (non-hydrogen) atoms. The summed E-state index contributed by atoms with van der Waals surface area (Å²) in [6.45, 7) is 7.69. The first-order chi connectivity index (χ1) is 12.9. The van der Waals surface area contributed by atoms with Crippen LogP contribution >= 0.6 is 0 Å². The van der Waals surface area contributed by atoms with Crippen LogP contribution in [0.15, 0.2) is 48.5 Å². The lowest BCUT2D eigenvalue weighted by molar-refractivity contribution is 0.0998. The molecule has 0 saturated carbocycles. The highest BCUT2D eigenvalue weighted by Gasteiger charge is 2.37. The summed E-state index contributed by atoms with van der Waals surface area (Å²) in [5.41, 5.74) is 9.28.